The zero-order chi connectivity index (χ0) is 22.8. The molecule has 1 atom stereocenters. The van der Waals surface area contributed by atoms with Crippen molar-refractivity contribution in [1.29, 1.82) is 0 Å². The number of nitrogens with one attached hydrogen (secondary N) is 1. The van der Waals surface area contributed by atoms with Crippen molar-refractivity contribution in [2.24, 2.45) is 0 Å². The Morgan fingerprint density at radius 3 is 2.64 bits per heavy atom. The standard InChI is InChI=1S/C26H23N3O4/c1-2-13-29-22-17-28(16-21-12-7-14-32-21)25(30)23(22)24(27-26(29)31)18-8-6-11-20(15-18)33-19-9-4-3-5-10-19/h2-12,14-15,24H,1,13,16-17H2,(H,27,31)/t24-/m0/s1. The van der Waals surface area contributed by atoms with Gasteiger partial charge in [0.2, 0.25) is 0 Å². The van der Waals surface area contributed by atoms with E-state index in [-0.39, 0.29) is 11.9 Å². The molecule has 3 amide bonds. The number of amides is 3. The number of benzene rings is 2. The lowest BCUT2D eigenvalue weighted by Crippen LogP contribution is -2.47. The van der Waals surface area contributed by atoms with Crippen LogP contribution in [0.2, 0.25) is 0 Å². The highest BCUT2D eigenvalue weighted by Gasteiger charge is 2.43. The maximum absolute atomic E-state index is 13.5. The predicted octanol–water partition coefficient (Wildman–Crippen LogP) is 4.62. The summed E-state index contributed by atoms with van der Waals surface area (Å²) in [6.07, 6.45) is 3.23. The third kappa shape index (κ3) is 4.01. The lowest BCUT2D eigenvalue weighted by atomic mass is 9.95. The molecule has 2 aliphatic rings. The van der Waals surface area contributed by atoms with Gasteiger partial charge in [0.25, 0.3) is 5.91 Å². The molecule has 1 N–H and O–H groups in total. The van der Waals surface area contributed by atoms with Crippen LogP contribution >= 0.6 is 0 Å². The molecule has 2 aromatic carbocycles. The summed E-state index contributed by atoms with van der Waals surface area (Å²) in [7, 11) is 0. The van der Waals surface area contributed by atoms with Gasteiger partial charge in [-0.3, -0.25) is 9.69 Å². The maximum atomic E-state index is 13.5. The van der Waals surface area contributed by atoms with Gasteiger partial charge in [0, 0.05) is 6.54 Å². The van der Waals surface area contributed by atoms with Gasteiger partial charge in [0.1, 0.15) is 17.3 Å². The van der Waals surface area contributed by atoms with Crippen molar-refractivity contribution >= 4 is 11.9 Å². The third-order valence-electron chi connectivity index (χ3n) is 5.71. The maximum Gasteiger partial charge on any atom is 0.322 e. The van der Waals surface area contributed by atoms with Gasteiger partial charge in [0.15, 0.2) is 0 Å². The van der Waals surface area contributed by atoms with E-state index >= 15 is 0 Å². The lowest BCUT2D eigenvalue weighted by molar-refractivity contribution is -0.126. The number of furan rings is 1. The zero-order valence-electron chi connectivity index (χ0n) is 17.9. The minimum Gasteiger partial charge on any atom is -0.467 e. The monoisotopic (exact) mass is 441 g/mol. The summed E-state index contributed by atoms with van der Waals surface area (Å²) in [5.41, 5.74) is 2.02. The summed E-state index contributed by atoms with van der Waals surface area (Å²) in [5, 5.41) is 2.99. The molecule has 0 fully saturated rings. The number of hydrogen-bond acceptors (Lipinski definition) is 4. The van der Waals surface area contributed by atoms with Crippen LogP contribution in [0.25, 0.3) is 0 Å². The Hall–Kier alpha value is -4.26. The molecule has 5 rings (SSSR count). The Labute approximate surface area is 191 Å². The van der Waals surface area contributed by atoms with Crippen molar-refractivity contribution < 1.29 is 18.7 Å². The molecule has 0 aliphatic carbocycles. The summed E-state index contributed by atoms with van der Waals surface area (Å²) in [6.45, 7) is 4.73. The summed E-state index contributed by atoms with van der Waals surface area (Å²) >= 11 is 0. The molecule has 0 saturated heterocycles. The fraction of sp³-hybridized carbons (Fsp3) is 0.154. The van der Waals surface area contributed by atoms with E-state index in [1.54, 1.807) is 28.2 Å². The number of rotatable bonds is 7. The van der Waals surface area contributed by atoms with Gasteiger partial charge in [-0.15, -0.1) is 6.58 Å². The van der Waals surface area contributed by atoms with E-state index in [4.69, 9.17) is 9.15 Å². The highest BCUT2D eigenvalue weighted by atomic mass is 16.5. The molecule has 2 aliphatic heterocycles. The first-order valence-electron chi connectivity index (χ1n) is 10.7. The Balaban J connectivity index is 1.48. The summed E-state index contributed by atoms with van der Waals surface area (Å²) < 4.78 is 11.4. The van der Waals surface area contributed by atoms with E-state index in [9.17, 15) is 9.59 Å². The van der Waals surface area contributed by atoms with Gasteiger partial charge in [-0.05, 0) is 42.0 Å². The van der Waals surface area contributed by atoms with Gasteiger partial charge in [-0.2, -0.15) is 0 Å². The lowest BCUT2D eigenvalue weighted by Gasteiger charge is -2.33. The van der Waals surface area contributed by atoms with E-state index in [0.717, 1.165) is 5.56 Å². The third-order valence-corrected chi connectivity index (χ3v) is 5.71. The van der Waals surface area contributed by atoms with Crippen molar-refractivity contribution in [2.45, 2.75) is 12.6 Å². The van der Waals surface area contributed by atoms with Crippen molar-refractivity contribution in [1.82, 2.24) is 15.1 Å². The Morgan fingerprint density at radius 2 is 1.88 bits per heavy atom. The molecule has 0 bridgehead atoms. The van der Waals surface area contributed by atoms with Gasteiger partial charge in [0.05, 0.1) is 36.7 Å². The number of ether oxygens (including phenoxy) is 1. The fourth-order valence-electron chi connectivity index (χ4n) is 4.22. The van der Waals surface area contributed by atoms with Gasteiger partial charge < -0.3 is 19.4 Å². The van der Waals surface area contributed by atoms with E-state index in [0.29, 0.717) is 48.2 Å². The molecule has 7 nitrogen and oxygen atoms in total. The van der Waals surface area contributed by atoms with Crippen LogP contribution < -0.4 is 10.1 Å². The quantitative estimate of drug-likeness (QED) is 0.543. The van der Waals surface area contributed by atoms with Crippen LogP contribution in [0.5, 0.6) is 11.5 Å². The zero-order valence-corrected chi connectivity index (χ0v) is 17.9. The van der Waals surface area contributed by atoms with E-state index in [1.165, 1.54) is 0 Å². The first-order chi connectivity index (χ1) is 16.1. The van der Waals surface area contributed by atoms with Crippen LogP contribution in [0.15, 0.2) is 101 Å². The summed E-state index contributed by atoms with van der Waals surface area (Å²) in [4.78, 5) is 29.7. The minimum absolute atomic E-state index is 0.130. The van der Waals surface area contributed by atoms with Crippen LogP contribution in [0.3, 0.4) is 0 Å². The normalized spacial score (nSPS) is 17.8. The average Bonchev–Trinajstić information content (AvgIpc) is 3.45. The second-order valence-electron chi connectivity index (χ2n) is 7.87. The van der Waals surface area contributed by atoms with Crippen LogP contribution in [-0.2, 0) is 11.3 Å². The molecular weight excluding hydrogens is 418 g/mol. The molecular formula is C26H23N3O4. The molecule has 0 unspecified atom stereocenters. The van der Waals surface area contributed by atoms with Gasteiger partial charge >= 0.3 is 6.03 Å². The van der Waals surface area contributed by atoms with Crippen LogP contribution in [0.4, 0.5) is 4.79 Å². The molecule has 7 heteroatoms. The smallest absolute Gasteiger partial charge is 0.322 e. The van der Waals surface area contributed by atoms with Crippen LogP contribution in [0.1, 0.15) is 17.4 Å². The molecule has 0 radical (unpaired) electrons. The molecule has 0 saturated carbocycles. The minimum atomic E-state index is -0.581. The topological polar surface area (TPSA) is 75.0 Å². The fourth-order valence-corrected chi connectivity index (χ4v) is 4.22. The first kappa shape index (κ1) is 20.6. The largest absolute Gasteiger partial charge is 0.467 e. The second-order valence-corrected chi connectivity index (χ2v) is 7.87. The number of para-hydroxylation sites is 1. The first-order valence-corrected chi connectivity index (χ1v) is 10.7. The molecule has 166 valence electrons. The van der Waals surface area contributed by atoms with Crippen LogP contribution in [-0.4, -0.2) is 34.8 Å². The van der Waals surface area contributed by atoms with Gasteiger partial charge in [-0.25, -0.2) is 4.79 Å². The SMILES string of the molecule is C=CCN1C(=O)N[C@@H](c2cccc(Oc3ccccc3)c2)C2=C1CN(Cc1ccco1)C2=O. The van der Waals surface area contributed by atoms with E-state index < -0.39 is 6.04 Å². The summed E-state index contributed by atoms with van der Waals surface area (Å²) in [5.74, 6) is 1.89. The summed E-state index contributed by atoms with van der Waals surface area (Å²) in [6, 6.07) is 19.7. The van der Waals surface area contributed by atoms with E-state index in [1.807, 2.05) is 60.7 Å². The van der Waals surface area contributed by atoms with Crippen molar-refractivity contribution in [3.63, 3.8) is 0 Å². The highest BCUT2D eigenvalue weighted by Crippen LogP contribution is 2.38. The number of urea groups is 1. The molecule has 3 aromatic rings. The number of hydrogen-bond donors (Lipinski definition) is 1. The predicted molar refractivity (Wildman–Crippen MR) is 122 cm³/mol. The average molecular weight is 441 g/mol. The van der Waals surface area contributed by atoms with Crippen molar-refractivity contribution in [2.75, 3.05) is 13.1 Å². The van der Waals surface area contributed by atoms with Crippen molar-refractivity contribution in [3.05, 3.63) is 108 Å². The molecule has 3 heterocycles. The second kappa shape index (κ2) is 8.70. The number of carbonyl (C=O) groups excluding carboxylic acids is 2. The van der Waals surface area contributed by atoms with E-state index in [2.05, 4.69) is 11.9 Å². The highest BCUT2D eigenvalue weighted by molar-refractivity contribution is 6.01. The molecule has 1 aromatic heterocycles. The molecule has 33 heavy (non-hydrogen) atoms. The van der Waals surface area contributed by atoms with Gasteiger partial charge in [-0.1, -0.05) is 36.4 Å². The molecule has 0 spiro atoms. The van der Waals surface area contributed by atoms with Crippen molar-refractivity contribution in [3.8, 4) is 11.5 Å². The number of carbonyl (C=O) groups is 2. The Morgan fingerprint density at radius 1 is 1.06 bits per heavy atom. The number of nitrogens with zero attached hydrogens (tertiary/aromatic N) is 2. The van der Waals surface area contributed by atoms with Crippen LogP contribution in [0, 0.1) is 0 Å². The Bertz CT molecular complexity index is 1220. The Kier molecular flexibility index (Phi) is 5.44.